The predicted octanol–water partition coefficient (Wildman–Crippen LogP) is 3.55. The van der Waals surface area contributed by atoms with Gasteiger partial charge in [-0.25, -0.2) is 4.79 Å². The Morgan fingerprint density at radius 1 is 1.30 bits per heavy atom. The van der Waals surface area contributed by atoms with Crippen molar-refractivity contribution in [2.24, 2.45) is 5.92 Å². The second-order valence-electron chi connectivity index (χ2n) is 6.30. The molecule has 1 aromatic carbocycles. The fourth-order valence-electron chi connectivity index (χ4n) is 2.38. The Bertz CT molecular complexity index is 487. The zero-order chi connectivity index (χ0) is 16.5. The summed E-state index contributed by atoms with van der Waals surface area (Å²) in [4.78, 5) is 11.9. The summed E-state index contributed by atoms with van der Waals surface area (Å²) in [7, 11) is 0. The van der Waals surface area contributed by atoms with Gasteiger partial charge in [0.15, 0.2) is 0 Å². The predicted molar refractivity (Wildman–Crippen MR) is 91.5 cm³/mol. The molecule has 0 radical (unpaired) electrons. The minimum absolute atomic E-state index is 0.139. The van der Waals surface area contributed by atoms with Crippen LogP contribution in [0.3, 0.4) is 0 Å². The monoisotopic (exact) mass is 320 g/mol. The van der Waals surface area contributed by atoms with Crippen LogP contribution in [0.1, 0.15) is 38.7 Å². The number of anilines is 1. The second kappa shape index (κ2) is 9.53. The Kier molecular flexibility index (Phi) is 7.36. The molecule has 2 rings (SSSR count). The van der Waals surface area contributed by atoms with E-state index in [0.29, 0.717) is 25.7 Å². The molecule has 0 bridgehead atoms. The van der Waals surface area contributed by atoms with Crippen LogP contribution >= 0.6 is 0 Å². The van der Waals surface area contributed by atoms with Gasteiger partial charge in [0.1, 0.15) is 0 Å². The van der Waals surface area contributed by atoms with E-state index < -0.39 is 0 Å². The Labute approximate surface area is 138 Å². The molecule has 0 atom stereocenters. The maximum Gasteiger partial charge on any atom is 0.319 e. The number of hydrogen-bond donors (Lipinski definition) is 2. The summed E-state index contributed by atoms with van der Waals surface area (Å²) in [5.41, 5.74) is 1.82. The van der Waals surface area contributed by atoms with E-state index in [4.69, 9.17) is 9.47 Å². The minimum Gasteiger partial charge on any atom is -0.376 e. The van der Waals surface area contributed by atoms with Crippen LogP contribution in [-0.2, 0) is 16.1 Å². The number of ether oxygens (including phenoxy) is 2. The lowest BCUT2D eigenvalue weighted by Crippen LogP contribution is -2.35. The van der Waals surface area contributed by atoms with Crippen molar-refractivity contribution in [2.45, 2.75) is 45.8 Å². The molecule has 23 heavy (non-hydrogen) atoms. The standard InChI is InChI=1S/C18H28N2O3/c1-14(2)23-10-9-22-13-16-7-4-8-17(11-16)20-18(21)19-12-15-5-3-6-15/h4,7-8,11,14-15H,3,5-6,9-10,12-13H2,1-2H3,(H2,19,20,21). The van der Waals surface area contributed by atoms with Crippen molar-refractivity contribution in [1.82, 2.24) is 5.32 Å². The van der Waals surface area contributed by atoms with Gasteiger partial charge in [0.05, 0.1) is 25.9 Å². The van der Waals surface area contributed by atoms with Gasteiger partial charge in [0.25, 0.3) is 0 Å². The number of hydrogen-bond acceptors (Lipinski definition) is 3. The van der Waals surface area contributed by atoms with Crippen molar-refractivity contribution < 1.29 is 14.3 Å². The molecule has 0 aliphatic heterocycles. The third kappa shape index (κ3) is 7.01. The van der Waals surface area contributed by atoms with E-state index in [-0.39, 0.29) is 12.1 Å². The minimum atomic E-state index is -0.139. The zero-order valence-corrected chi connectivity index (χ0v) is 14.1. The molecule has 0 heterocycles. The van der Waals surface area contributed by atoms with E-state index in [0.717, 1.165) is 17.8 Å². The van der Waals surface area contributed by atoms with Crippen molar-refractivity contribution >= 4 is 11.7 Å². The third-order valence-electron chi connectivity index (χ3n) is 3.91. The number of urea groups is 1. The van der Waals surface area contributed by atoms with Gasteiger partial charge in [0.2, 0.25) is 0 Å². The molecule has 0 spiro atoms. The molecule has 128 valence electrons. The average molecular weight is 320 g/mol. The Hall–Kier alpha value is -1.59. The number of carbonyl (C=O) groups excluding carboxylic acids is 1. The lowest BCUT2D eigenvalue weighted by atomic mass is 9.85. The Balaban J connectivity index is 1.67. The van der Waals surface area contributed by atoms with E-state index >= 15 is 0 Å². The van der Waals surface area contributed by atoms with Gasteiger partial charge in [-0.1, -0.05) is 18.6 Å². The van der Waals surface area contributed by atoms with Crippen LogP contribution < -0.4 is 10.6 Å². The van der Waals surface area contributed by atoms with Gasteiger partial charge in [0, 0.05) is 12.2 Å². The summed E-state index contributed by atoms with van der Waals surface area (Å²) in [5, 5.41) is 5.80. The van der Waals surface area contributed by atoms with Gasteiger partial charge in [-0.2, -0.15) is 0 Å². The summed E-state index contributed by atoms with van der Waals surface area (Å²) in [6.45, 7) is 6.46. The summed E-state index contributed by atoms with van der Waals surface area (Å²) in [6.07, 6.45) is 3.98. The zero-order valence-electron chi connectivity index (χ0n) is 14.1. The first-order valence-electron chi connectivity index (χ1n) is 8.46. The third-order valence-corrected chi connectivity index (χ3v) is 3.91. The molecule has 0 aromatic heterocycles. The Morgan fingerprint density at radius 2 is 2.13 bits per heavy atom. The van der Waals surface area contributed by atoms with Gasteiger partial charge in [-0.15, -0.1) is 0 Å². The summed E-state index contributed by atoms with van der Waals surface area (Å²) in [6, 6.07) is 7.59. The van der Waals surface area contributed by atoms with Gasteiger partial charge in [-0.05, 0) is 50.3 Å². The van der Waals surface area contributed by atoms with Crippen LogP contribution in [0.2, 0.25) is 0 Å². The van der Waals surface area contributed by atoms with Crippen molar-refractivity contribution in [3.05, 3.63) is 29.8 Å². The first kappa shape index (κ1) is 17.8. The number of nitrogens with one attached hydrogen (secondary N) is 2. The largest absolute Gasteiger partial charge is 0.376 e. The van der Waals surface area contributed by atoms with E-state index in [2.05, 4.69) is 10.6 Å². The highest BCUT2D eigenvalue weighted by molar-refractivity contribution is 5.89. The second-order valence-corrected chi connectivity index (χ2v) is 6.30. The maximum absolute atomic E-state index is 11.9. The summed E-state index contributed by atoms with van der Waals surface area (Å²) < 4.78 is 11.0. The molecule has 1 aromatic rings. The Morgan fingerprint density at radius 3 is 2.83 bits per heavy atom. The summed E-state index contributed by atoms with van der Waals surface area (Å²) in [5.74, 6) is 0.661. The average Bonchev–Trinajstić information content (AvgIpc) is 2.45. The van der Waals surface area contributed by atoms with Crippen molar-refractivity contribution in [3.8, 4) is 0 Å². The molecule has 5 heteroatoms. The molecule has 2 N–H and O–H groups in total. The number of benzene rings is 1. The molecule has 1 aliphatic rings. The van der Waals surface area contributed by atoms with Crippen molar-refractivity contribution in [2.75, 3.05) is 25.1 Å². The topological polar surface area (TPSA) is 59.6 Å². The molecule has 1 aliphatic carbocycles. The molecule has 0 saturated heterocycles. The molecule has 5 nitrogen and oxygen atoms in total. The molecule has 0 unspecified atom stereocenters. The summed E-state index contributed by atoms with van der Waals surface area (Å²) >= 11 is 0. The van der Waals surface area contributed by atoms with Crippen LogP contribution in [0.4, 0.5) is 10.5 Å². The van der Waals surface area contributed by atoms with Crippen LogP contribution in [-0.4, -0.2) is 31.9 Å². The van der Waals surface area contributed by atoms with Crippen LogP contribution in [0, 0.1) is 5.92 Å². The van der Waals surface area contributed by atoms with Crippen molar-refractivity contribution in [1.29, 1.82) is 0 Å². The van der Waals surface area contributed by atoms with Crippen LogP contribution in [0.25, 0.3) is 0 Å². The smallest absolute Gasteiger partial charge is 0.319 e. The fourth-order valence-corrected chi connectivity index (χ4v) is 2.38. The highest BCUT2D eigenvalue weighted by Gasteiger charge is 2.17. The molecule has 2 amide bonds. The van der Waals surface area contributed by atoms with E-state index in [1.54, 1.807) is 0 Å². The van der Waals surface area contributed by atoms with Crippen molar-refractivity contribution in [3.63, 3.8) is 0 Å². The van der Waals surface area contributed by atoms with E-state index in [1.165, 1.54) is 19.3 Å². The first-order valence-corrected chi connectivity index (χ1v) is 8.46. The van der Waals surface area contributed by atoms with E-state index in [1.807, 2.05) is 38.1 Å². The lowest BCUT2D eigenvalue weighted by molar-refractivity contribution is 0.0143. The number of carbonyl (C=O) groups is 1. The lowest BCUT2D eigenvalue weighted by Gasteiger charge is -2.25. The van der Waals surface area contributed by atoms with Crippen LogP contribution in [0.15, 0.2) is 24.3 Å². The quantitative estimate of drug-likeness (QED) is 0.684. The molecule has 1 fully saturated rings. The fraction of sp³-hybridized carbons (Fsp3) is 0.611. The number of amides is 2. The highest BCUT2D eigenvalue weighted by Crippen LogP contribution is 2.25. The van der Waals surface area contributed by atoms with Crippen LogP contribution in [0.5, 0.6) is 0 Å². The molecule has 1 saturated carbocycles. The molecular formula is C18H28N2O3. The highest BCUT2D eigenvalue weighted by atomic mass is 16.5. The number of rotatable bonds is 9. The first-order chi connectivity index (χ1) is 11.1. The molecular weight excluding hydrogens is 292 g/mol. The van der Waals surface area contributed by atoms with Gasteiger partial charge in [-0.3, -0.25) is 0 Å². The SMILES string of the molecule is CC(C)OCCOCc1cccc(NC(=O)NCC2CCC2)c1. The van der Waals surface area contributed by atoms with E-state index in [9.17, 15) is 4.79 Å². The maximum atomic E-state index is 11.9. The van der Waals surface area contributed by atoms with Gasteiger partial charge >= 0.3 is 6.03 Å². The van der Waals surface area contributed by atoms with Gasteiger partial charge < -0.3 is 20.1 Å². The normalized spacial score (nSPS) is 14.6.